The summed E-state index contributed by atoms with van der Waals surface area (Å²) in [5.41, 5.74) is -0.460. The molecule has 14 heavy (non-hydrogen) atoms. The van der Waals surface area contributed by atoms with E-state index in [9.17, 15) is 4.79 Å². The van der Waals surface area contributed by atoms with Gasteiger partial charge in [-0.05, 0) is 20.8 Å². The van der Waals surface area contributed by atoms with Gasteiger partial charge in [-0.15, -0.1) is 0 Å². The number of ether oxygens (including phenoxy) is 1. The lowest BCUT2D eigenvalue weighted by molar-refractivity contribution is -0.000704. The second-order valence-corrected chi connectivity index (χ2v) is 4.57. The number of carbonyl (C=O) groups is 1. The van der Waals surface area contributed by atoms with Crippen molar-refractivity contribution in [1.29, 1.82) is 0 Å². The molecule has 0 atom stereocenters. The highest BCUT2D eigenvalue weighted by atomic mass is 16.6. The van der Waals surface area contributed by atoms with Crippen molar-refractivity contribution in [1.82, 2.24) is 4.90 Å². The van der Waals surface area contributed by atoms with Crippen LogP contribution in [-0.2, 0) is 4.74 Å². The molecule has 1 N–H and O–H groups in total. The van der Waals surface area contributed by atoms with Gasteiger partial charge in [-0.1, -0.05) is 6.58 Å². The standard InChI is InChI=1S/C10H17NO3/c1-7(12)8-5-11(6-8)9(13)14-10(2,3)4/h8,12H,1,5-6H2,2-4H3. The van der Waals surface area contributed by atoms with Crippen molar-refractivity contribution in [3.63, 3.8) is 0 Å². The van der Waals surface area contributed by atoms with Gasteiger partial charge in [0.25, 0.3) is 0 Å². The Labute approximate surface area is 84.2 Å². The minimum absolute atomic E-state index is 0.0162. The Morgan fingerprint density at radius 1 is 1.50 bits per heavy atom. The summed E-state index contributed by atoms with van der Waals surface area (Å²) in [5, 5.41) is 9.03. The lowest BCUT2D eigenvalue weighted by atomic mass is 9.99. The third-order valence-electron chi connectivity index (χ3n) is 2.00. The summed E-state index contributed by atoms with van der Waals surface area (Å²) in [4.78, 5) is 13.0. The number of aliphatic hydroxyl groups is 1. The molecule has 0 bridgehead atoms. The Bertz CT molecular complexity index is 249. The van der Waals surface area contributed by atoms with Gasteiger partial charge < -0.3 is 14.7 Å². The monoisotopic (exact) mass is 199 g/mol. The van der Waals surface area contributed by atoms with E-state index >= 15 is 0 Å². The van der Waals surface area contributed by atoms with Crippen molar-refractivity contribution in [3.05, 3.63) is 12.3 Å². The first-order valence-corrected chi connectivity index (χ1v) is 4.65. The molecule has 1 saturated heterocycles. The highest BCUT2D eigenvalue weighted by Gasteiger charge is 2.35. The van der Waals surface area contributed by atoms with E-state index in [1.807, 2.05) is 20.8 Å². The fourth-order valence-corrected chi connectivity index (χ4v) is 1.16. The lowest BCUT2D eigenvalue weighted by Gasteiger charge is -2.39. The SMILES string of the molecule is C=C(O)C1CN(C(=O)OC(C)(C)C)C1. The number of rotatable bonds is 1. The second-order valence-electron chi connectivity index (χ2n) is 4.57. The number of aliphatic hydroxyl groups excluding tert-OH is 1. The van der Waals surface area contributed by atoms with Crippen LogP contribution in [0.4, 0.5) is 4.79 Å². The molecule has 1 aliphatic heterocycles. The quantitative estimate of drug-likeness (QED) is 0.656. The zero-order valence-electron chi connectivity index (χ0n) is 8.91. The van der Waals surface area contributed by atoms with Crippen LogP contribution in [0.1, 0.15) is 20.8 Å². The van der Waals surface area contributed by atoms with Crippen LogP contribution in [0.3, 0.4) is 0 Å². The molecule has 0 saturated carbocycles. The van der Waals surface area contributed by atoms with Crippen LogP contribution >= 0.6 is 0 Å². The number of amides is 1. The van der Waals surface area contributed by atoms with E-state index in [0.29, 0.717) is 13.1 Å². The predicted molar refractivity (Wildman–Crippen MR) is 53.1 cm³/mol. The summed E-state index contributed by atoms with van der Waals surface area (Å²) >= 11 is 0. The average molecular weight is 199 g/mol. The highest BCUT2D eigenvalue weighted by molar-refractivity contribution is 5.69. The number of hydrogen-bond acceptors (Lipinski definition) is 3. The van der Waals surface area contributed by atoms with Crippen molar-refractivity contribution < 1.29 is 14.6 Å². The fourth-order valence-electron chi connectivity index (χ4n) is 1.16. The van der Waals surface area contributed by atoms with E-state index in [-0.39, 0.29) is 17.8 Å². The zero-order chi connectivity index (χ0) is 10.9. The van der Waals surface area contributed by atoms with Gasteiger partial charge in [-0.3, -0.25) is 0 Å². The summed E-state index contributed by atoms with van der Waals surface area (Å²) < 4.78 is 5.15. The van der Waals surface area contributed by atoms with Crippen molar-refractivity contribution in [2.24, 2.45) is 5.92 Å². The Kier molecular flexibility index (Phi) is 2.73. The van der Waals surface area contributed by atoms with Crippen LogP contribution in [0, 0.1) is 5.92 Å². The van der Waals surface area contributed by atoms with Crippen LogP contribution in [0.5, 0.6) is 0 Å². The molecular formula is C10H17NO3. The first-order chi connectivity index (χ1) is 6.29. The largest absolute Gasteiger partial charge is 0.513 e. The number of likely N-dealkylation sites (tertiary alicyclic amines) is 1. The molecule has 1 rings (SSSR count). The number of hydrogen-bond donors (Lipinski definition) is 1. The van der Waals surface area contributed by atoms with Gasteiger partial charge in [0.2, 0.25) is 0 Å². The predicted octanol–water partition coefficient (Wildman–Crippen LogP) is 1.93. The smallest absolute Gasteiger partial charge is 0.410 e. The Hall–Kier alpha value is -1.19. The van der Waals surface area contributed by atoms with Gasteiger partial charge in [-0.2, -0.15) is 0 Å². The highest BCUT2D eigenvalue weighted by Crippen LogP contribution is 2.22. The van der Waals surface area contributed by atoms with E-state index in [2.05, 4.69) is 6.58 Å². The topological polar surface area (TPSA) is 49.8 Å². The van der Waals surface area contributed by atoms with Crippen molar-refractivity contribution in [3.8, 4) is 0 Å². The van der Waals surface area contributed by atoms with Crippen molar-refractivity contribution in [2.45, 2.75) is 26.4 Å². The maximum absolute atomic E-state index is 11.4. The van der Waals surface area contributed by atoms with E-state index in [0.717, 1.165) is 0 Å². The summed E-state index contributed by atoms with van der Waals surface area (Å²) in [7, 11) is 0. The average Bonchev–Trinajstić information content (AvgIpc) is 1.75. The molecule has 1 aliphatic rings. The van der Waals surface area contributed by atoms with Gasteiger partial charge in [0.15, 0.2) is 0 Å². The van der Waals surface area contributed by atoms with E-state index in [4.69, 9.17) is 9.84 Å². The van der Waals surface area contributed by atoms with Crippen LogP contribution < -0.4 is 0 Å². The molecule has 0 radical (unpaired) electrons. The Morgan fingerprint density at radius 2 is 2.00 bits per heavy atom. The molecule has 0 aliphatic carbocycles. The molecule has 0 unspecified atom stereocenters. The number of nitrogens with zero attached hydrogens (tertiary/aromatic N) is 1. The minimum atomic E-state index is -0.460. The number of carbonyl (C=O) groups excluding carboxylic acids is 1. The molecule has 0 aromatic carbocycles. The first kappa shape index (κ1) is 10.9. The lowest BCUT2D eigenvalue weighted by Crippen LogP contribution is -2.52. The van der Waals surface area contributed by atoms with E-state index in [1.165, 1.54) is 0 Å². The van der Waals surface area contributed by atoms with Crippen LogP contribution in [0.25, 0.3) is 0 Å². The van der Waals surface area contributed by atoms with Crippen molar-refractivity contribution in [2.75, 3.05) is 13.1 Å². The zero-order valence-corrected chi connectivity index (χ0v) is 8.91. The molecule has 1 amide bonds. The van der Waals surface area contributed by atoms with Crippen LogP contribution in [0.2, 0.25) is 0 Å². The molecule has 0 aromatic rings. The molecule has 80 valence electrons. The maximum atomic E-state index is 11.4. The third-order valence-corrected chi connectivity index (χ3v) is 2.00. The van der Waals surface area contributed by atoms with Gasteiger partial charge in [0.1, 0.15) is 5.60 Å². The first-order valence-electron chi connectivity index (χ1n) is 4.65. The summed E-state index contributed by atoms with van der Waals surface area (Å²) in [6, 6.07) is 0. The van der Waals surface area contributed by atoms with Gasteiger partial charge in [0.05, 0.1) is 11.7 Å². The van der Waals surface area contributed by atoms with Gasteiger partial charge >= 0.3 is 6.09 Å². The third kappa shape index (κ3) is 2.65. The molecule has 1 fully saturated rings. The maximum Gasteiger partial charge on any atom is 0.410 e. The summed E-state index contributed by atoms with van der Waals surface area (Å²) in [6.07, 6.45) is -0.324. The Morgan fingerprint density at radius 3 is 2.36 bits per heavy atom. The van der Waals surface area contributed by atoms with E-state index in [1.54, 1.807) is 4.90 Å². The van der Waals surface area contributed by atoms with Gasteiger partial charge in [0, 0.05) is 13.1 Å². The van der Waals surface area contributed by atoms with E-state index < -0.39 is 5.60 Å². The normalized spacial score (nSPS) is 17.5. The minimum Gasteiger partial charge on any atom is -0.513 e. The molecule has 0 spiro atoms. The molecule has 0 aromatic heterocycles. The van der Waals surface area contributed by atoms with Crippen LogP contribution in [0.15, 0.2) is 12.3 Å². The van der Waals surface area contributed by atoms with Crippen molar-refractivity contribution >= 4 is 6.09 Å². The Balaban J connectivity index is 2.34. The molecular weight excluding hydrogens is 182 g/mol. The van der Waals surface area contributed by atoms with Gasteiger partial charge in [-0.25, -0.2) is 4.79 Å². The van der Waals surface area contributed by atoms with Crippen LogP contribution in [-0.4, -0.2) is 34.8 Å². The molecule has 4 nitrogen and oxygen atoms in total. The summed E-state index contributed by atoms with van der Waals surface area (Å²) in [6.45, 7) is 9.91. The second kappa shape index (κ2) is 3.52. The fraction of sp³-hybridized carbons (Fsp3) is 0.700. The molecule has 1 heterocycles. The summed E-state index contributed by atoms with van der Waals surface area (Å²) in [5.74, 6) is 0.160. The molecule has 4 heteroatoms.